The zero-order valence-electron chi connectivity index (χ0n) is 8.59. The van der Waals surface area contributed by atoms with Gasteiger partial charge in [-0.3, -0.25) is 4.79 Å². The van der Waals surface area contributed by atoms with Gasteiger partial charge in [-0.2, -0.15) is 0 Å². The lowest BCUT2D eigenvalue weighted by molar-refractivity contribution is -0.118. The van der Waals surface area contributed by atoms with Crippen LogP contribution in [0.25, 0.3) is 0 Å². The summed E-state index contributed by atoms with van der Waals surface area (Å²) in [5.41, 5.74) is 1.74. The summed E-state index contributed by atoms with van der Waals surface area (Å²) in [6, 6.07) is 3.54. The normalized spacial score (nSPS) is 23.9. The molecule has 1 aliphatic carbocycles. The Balaban J connectivity index is 2.08. The summed E-state index contributed by atoms with van der Waals surface area (Å²) >= 11 is 12.1. The minimum absolute atomic E-state index is 0.0417. The minimum Gasteiger partial charge on any atom is -0.324 e. The van der Waals surface area contributed by atoms with Crippen molar-refractivity contribution in [3.8, 4) is 0 Å². The van der Waals surface area contributed by atoms with Crippen molar-refractivity contribution in [1.29, 1.82) is 0 Å². The molecule has 1 unspecified atom stereocenters. The quantitative estimate of drug-likeness (QED) is 0.812. The highest BCUT2D eigenvalue weighted by molar-refractivity contribution is 6.37. The molecule has 1 saturated carbocycles. The first-order valence-corrected chi connectivity index (χ1v) is 6.22. The Kier molecular flexibility index (Phi) is 2.37. The SMILES string of the molecule is O=C1Nc2c(Cl)cc(Cl)cc2C1C1CCC1. The van der Waals surface area contributed by atoms with Crippen LogP contribution in [0.3, 0.4) is 0 Å². The number of nitrogens with one attached hydrogen (secondary N) is 1. The van der Waals surface area contributed by atoms with Crippen LogP contribution in [-0.4, -0.2) is 5.91 Å². The third-order valence-electron chi connectivity index (χ3n) is 3.57. The Labute approximate surface area is 104 Å². The molecule has 1 atom stereocenters. The first-order chi connectivity index (χ1) is 7.66. The zero-order chi connectivity index (χ0) is 11.3. The number of hydrogen-bond donors (Lipinski definition) is 1. The molecule has 1 heterocycles. The molecular weight excluding hydrogens is 245 g/mol. The molecule has 84 valence electrons. The summed E-state index contributed by atoms with van der Waals surface area (Å²) in [7, 11) is 0. The van der Waals surface area contributed by atoms with Crippen LogP contribution in [0.5, 0.6) is 0 Å². The van der Waals surface area contributed by atoms with E-state index < -0.39 is 0 Å². The van der Waals surface area contributed by atoms with Crippen molar-refractivity contribution in [3.05, 3.63) is 27.7 Å². The molecule has 2 aliphatic rings. The van der Waals surface area contributed by atoms with Gasteiger partial charge in [0.25, 0.3) is 0 Å². The van der Waals surface area contributed by atoms with Crippen molar-refractivity contribution in [1.82, 2.24) is 0 Å². The Morgan fingerprint density at radius 3 is 2.62 bits per heavy atom. The fourth-order valence-electron chi connectivity index (χ4n) is 2.55. The van der Waals surface area contributed by atoms with Crippen molar-refractivity contribution in [3.63, 3.8) is 0 Å². The van der Waals surface area contributed by atoms with E-state index in [1.54, 1.807) is 6.07 Å². The first kappa shape index (κ1) is 10.4. The number of carbonyl (C=O) groups excluding carboxylic acids is 1. The predicted octanol–water partition coefficient (Wildman–Crippen LogP) is 3.83. The van der Waals surface area contributed by atoms with E-state index in [1.807, 2.05) is 6.07 Å². The highest BCUT2D eigenvalue weighted by Crippen LogP contribution is 2.48. The molecule has 0 saturated heterocycles. The molecule has 0 radical (unpaired) electrons. The summed E-state index contributed by atoms with van der Waals surface area (Å²) in [6.45, 7) is 0. The summed E-state index contributed by atoms with van der Waals surface area (Å²) in [6.07, 6.45) is 3.47. The van der Waals surface area contributed by atoms with Crippen molar-refractivity contribution in [2.45, 2.75) is 25.2 Å². The van der Waals surface area contributed by atoms with Crippen LogP contribution in [0.15, 0.2) is 12.1 Å². The molecule has 0 aromatic heterocycles. The monoisotopic (exact) mass is 255 g/mol. The topological polar surface area (TPSA) is 29.1 Å². The Morgan fingerprint density at radius 2 is 2.00 bits per heavy atom. The van der Waals surface area contributed by atoms with Crippen LogP contribution in [0.4, 0.5) is 5.69 Å². The summed E-state index contributed by atoms with van der Waals surface area (Å²) < 4.78 is 0. The van der Waals surface area contributed by atoms with Crippen LogP contribution < -0.4 is 5.32 Å². The summed E-state index contributed by atoms with van der Waals surface area (Å²) in [5, 5.41) is 4.00. The van der Waals surface area contributed by atoms with Crippen LogP contribution in [0, 0.1) is 5.92 Å². The van der Waals surface area contributed by atoms with Gasteiger partial charge in [0.1, 0.15) is 0 Å². The second kappa shape index (κ2) is 3.64. The molecule has 4 heteroatoms. The molecule has 0 bridgehead atoms. The molecule has 1 fully saturated rings. The van der Waals surface area contributed by atoms with E-state index in [9.17, 15) is 4.79 Å². The van der Waals surface area contributed by atoms with Gasteiger partial charge in [-0.1, -0.05) is 29.6 Å². The second-order valence-electron chi connectivity index (χ2n) is 4.51. The molecule has 1 amide bonds. The molecule has 1 aliphatic heterocycles. The highest BCUT2D eigenvalue weighted by atomic mass is 35.5. The van der Waals surface area contributed by atoms with Crippen molar-refractivity contribution < 1.29 is 4.79 Å². The average molecular weight is 256 g/mol. The predicted molar refractivity (Wildman–Crippen MR) is 65.2 cm³/mol. The van der Waals surface area contributed by atoms with E-state index in [0.29, 0.717) is 16.0 Å². The number of carbonyl (C=O) groups is 1. The number of fused-ring (bicyclic) bond motifs is 1. The maximum absolute atomic E-state index is 11.9. The van der Waals surface area contributed by atoms with E-state index in [-0.39, 0.29) is 11.8 Å². The van der Waals surface area contributed by atoms with Crippen LogP contribution in [0.1, 0.15) is 30.7 Å². The van der Waals surface area contributed by atoms with Gasteiger partial charge in [0.15, 0.2) is 0 Å². The Morgan fingerprint density at radius 1 is 1.25 bits per heavy atom. The van der Waals surface area contributed by atoms with E-state index in [2.05, 4.69) is 5.32 Å². The molecule has 3 rings (SSSR count). The molecule has 1 aromatic carbocycles. The summed E-state index contributed by atoms with van der Waals surface area (Å²) in [5.74, 6) is 0.500. The molecular formula is C12H11Cl2NO. The van der Waals surface area contributed by atoms with E-state index in [0.717, 1.165) is 24.1 Å². The second-order valence-corrected chi connectivity index (χ2v) is 5.35. The van der Waals surface area contributed by atoms with Crippen LogP contribution in [0.2, 0.25) is 10.0 Å². The number of benzene rings is 1. The number of rotatable bonds is 1. The Bertz CT molecular complexity index is 468. The van der Waals surface area contributed by atoms with E-state index in [4.69, 9.17) is 23.2 Å². The number of hydrogen-bond acceptors (Lipinski definition) is 1. The summed E-state index contributed by atoms with van der Waals surface area (Å²) in [4.78, 5) is 11.9. The van der Waals surface area contributed by atoms with Gasteiger partial charge in [-0.15, -0.1) is 0 Å². The first-order valence-electron chi connectivity index (χ1n) is 5.46. The average Bonchev–Trinajstić information content (AvgIpc) is 2.43. The van der Waals surface area contributed by atoms with Crippen LogP contribution >= 0.6 is 23.2 Å². The van der Waals surface area contributed by atoms with Gasteiger partial charge >= 0.3 is 0 Å². The molecule has 1 N–H and O–H groups in total. The third kappa shape index (κ3) is 1.44. The number of amides is 1. The van der Waals surface area contributed by atoms with Crippen molar-refractivity contribution >= 4 is 34.8 Å². The van der Waals surface area contributed by atoms with Gasteiger partial charge in [0, 0.05) is 5.02 Å². The zero-order valence-corrected chi connectivity index (χ0v) is 10.1. The number of halogens is 2. The third-order valence-corrected chi connectivity index (χ3v) is 4.09. The molecule has 2 nitrogen and oxygen atoms in total. The molecule has 1 aromatic rings. The fourth-order valence-corrected chi connectivity index (χ4v) is 3.11. The molecule has 0 spiro atoms. The fraction of sp³-hybridized carbons (Fsp3) is 0.417. The maximum Gasteiger partial charge on any atom is 0.232 e. The minimum atomic E-state index is -0.0417. The smallest absolute Gasteiger partial charge is 0.232 e. The number of anilines is 1. The standard InChI is InChI=1S/C12H11Cl2NO/c13-7-4-8-10(6-2-1-3-6)12(16)15-11(8)9(14)5-7/h4-6,10H,1-3H2,(H,15,16). The van der Waals surface area contributed by atoms with Gasteiger partial charge in [0.2, 0.25) is 5.91 Å². The lowest BCUT2D eigenvalue weighted by atomic mass is 9.73. The van der Waals surface area contributed by atoms with Crippen LogP contribution in [-0.2, 0) is 4.79 Å². The largest absolute Gasteiger partial charge is 0.324 e. The maximum atomic E-state index is 11.9. The van der Waals surface area contributed by atoms with Gasteiger partial charge in [-0.05, 0) is 36.5 Å². The lowest BCUT2D eigenvalue weighted by Gasteiger charge is -2.30. The van der Waals surface area contributed by atoms with Gasteiger partial charge < -0.3 is 5.32 Å². The van der Waals surface area contributed by atoms with Crippen molar-refractivity contribution in [2.75, 3.05) is 5.32 Å². The Hall–Kier alpha value is -0.730. The lowest BCUT2D eigenvalue weighted by Crippen LogP contribution is -2.25. The van der Waals surface area contributed by atoms with Gasteiger partial charge in [0.05, 0.1) is 16.6 Å². The van der Waals surface area contributed by atoms with E-state index >= 15 is 0 Å². The van der Waals surface area contributed by atoms with Crippen molar-refractivity contribution in [2.24, 2.45) is 5.92 Å². The molecule has 16 heavy (non-hydrogen) atoms. The van der Waals surface area contributed by atoms with E-state index in [1.165, 1.54) is 6.42 Å². The highest BCUT2D eigenvalue weighted by Gasteiger charge is 2.40. The van der Waals surface area contributed by atoms with Gasteiger partial charge in [-0.25, -0.2) is 0 Å².